The van der Waals surface area contributed by atoms with Crippen LogP contribution in [0.1, 0.15) is 66.9 Å². The highest BCUT2D eigenvalue weighted by atomic mass is 31.1. The molecule has 0 radical (unpaired) electrons. The van der Waals surface area contributed by atoms with Gasteiger partial charge in [0.1, 0.15) is 0 Å². The molecular formula is C23H42NP. The molecule has 1 nitrogen and oxygen atoms in total. The summed E-state index contributed by atoms with van der Waals surface area (Å²) in [5.41, 5.74) is 1.41. The van der Waals surface area contributed by atoms with Crippen LogP contribution in [0.3, 0.4) is 0 Å². The van der Waals surface area contributed by atoms with E-state index in [0.717, 1.165) is 34.5 Å². The highest BCUT2D eigenvalue weighted by Crippen LogP contribution is 2.10. The minimum Gasteiger partial charge on any atom is -0.293 e. The van der Waals surface area contributed by atoms with E-state index in [1.807, 2.05) is 27.7 Å². The number of rotatable bonds is 9. The van der Waals surface area contributed by atoms with Crippen LogP contribution in [-0.2, 0) is 6.54 Å². The lowest BCUT2D eigenvalue weighted by Crippen LogP contribution is -2.30. The lowest BCUT2D eigenvalue weighted by Gasteiger charge is -2.25. The van der Waals surface area contributed by atoms with E-state index in [4.69, 9.17) is 0 Å². The summed E-state index contributed by atoms with van der Waals surface area (Å²) in [5.74, 6) is 0. The van der Waals surface area contributed by atoms with Crippen LogP contribution in [-0.4, -0.2) is 24.2 Å². The van der Waals surface area contributed by atoms with Gasteiger partial charge in [0.15, 0.2) is 0 Å². The maximum absolute atomic E-state index is 2.51. The third kappa shape index (κ3) is 14.0. The molecule has 0 aromatic heterocycles. The van der Waals surface area contributed by atoms with E-state index in [-0.39, 0.29) is 0 Å². The zero-order chi connectivity index (χ0) is 19.5. The predicted molar refractivity (Wildman–Crippen MR) is 122 cm³/mol. The Morgan fingerprint density at radius 2 is 1.48 bits per heavy atom. The standard InChI is InChI=1S/C19H30NP.2C2H6/c1-5-6-7-8-9-10-15-20(17(2)3)16-18-11-13-19(21-4)14-12-18;2*1-2/h5-6,9-14,17,21H,7-8,15-16H2,1-4H3;2*1-2H3/b6-5-,10-9+;;. The van der Waals surface area contributed by atoms with Crippen LogP contribution < -0.4 is 5.30 Å². The molecule has 1 atom stereocenters. The smallest absolute Gasteiger partial charge is 0.0239 e. The summed E-state index contributed by atoms with van der Waals surface area (Å²) in [7, 11) is 0.887. The topological polar surface area (TPSA) is 3.24 Å². The lowest BCUT2D eigenvalue weighted by molar-refractivity contribution is 0.237. The van der Waals surface area contributed by atoms with E-state index < -0.39 is 0 Å². The van der Waals surface area contributed by atoms with Crippen molar-refractivity contribution in [3.63, 3.8) is 0 Å². The van der Waals surface area contributed by atoms with Gasteiger partial charge in [-0.1, -0.05) is 84.8 Å². The van der Waals surface area contributed by atoms with Gasteiger partial charge in [0.05, 0.1) is 0 Å². The first kappa shape index (κ1) is 26.3. The van der Waals surface area contributed by atoms with Crippen LogP contribution in [0, 0.1) is 0 Å². The minimum atomic E-state index is 0.568. The van der Waals surface area contributed by atoms with Gasteiger partial charge in [-0.05, 0) is 51.1 Å². The van der Waals surface area contributed by atoms with Crippen LogP contribution in [0.2, 0.25) is 0 Å². The van der Waals surface area contributed by atoms with Gasteiger partial charge in [-0.2, -0.15) is 0 Å². The highest BCUT2D eigenvalue weighted by molar-refractivity contribution is 7.46. The number of hydrogen-bond acceptors (Lipinski definition) is 1. The fourth-order valence-electron chi connectivity index (χ4n) is 2.16. The predicted octanol–water partition coefficient (Wildman–Crippen LogP) is 6.80. The van der Waals surface area contributed by atoms with Gasteiger partial charge in [-0.3, -0.25) is 4.90 Å². The molecule has 0 saturated heterocycles. The fraction of sp³-hybridized carbons (Fsp3) is 0.565. The van der Waals surface area contributed by atoms with Gasteiger partial charge >= 0.3 is 0 Å². The number of allylic oxidation sites excluding steroid dienone is 3. The van der Waals surface area contributed by atoms with E-state index in [1.54, 1.807) is 0 Å². The van der Waals surface area contributed by atoms with Crippen molar-refractivity contribution in [2.24, 2.45) is 0 Å². The Morgan fingerprint density at radius 3 is 1.96 bits per heavy atom. The fourth-order valence-corrected chi connectivity index (χ4v) is 2.66. The van der Waals surface area contributed by atoms with Crippen LogP contribution in [0.15, 0.2) is 48.6 Å². The van der Waals surface area contributed by atoms with Crippen LogP contribution in [0.4, 0.5) is 0 Å². The van der Waals surface area contributed by atoms with Crippen molar-refractivity contribution in [3.05, 3.63) is 54.1 Å². The Bertz CT molecular complexity index is 432. The van der Waals surface area contributed by atoms with Crippen molar-refractivity contribution < 1.29 is 0 Å². The van der Waals surface area contributed by atoms with Crippen LogP contribution >= 0.6 is 8.58 Å². The molecule has 1 aromatic rings. The monoisotopic (exact) mass is 363 g/mol. The maximum atomic E-state index is 2.51. The van der Waals surface area contributed by atoms with E-state index in [2.05, 4.69) is 80.9 Å². The van der Waals surface area contributed by atoms with Gasteiger partial charge in [0.2, 0.25) is 0 Å². The van der Waals surface area contributed by atoms with Crippen molar-refractivity contribution in [2.45, 2.75) is 73.9 Å². The van der Waals surface area contributed by atoms with Crippen LogP contribution in [0.5, 0.6) is 0 Å². The summed E-state index contributed by atoms with van der Waals surface area (Å²) < 4.78 is 0. The first-order valence-electron chi connectivity index (χ1n) is 9.94. The zero-order valence-electron chi connectivity index (χ0n) is 18.0. The molecule has 0 fully saturated rings. The second kappa shape index (κ2) is 19.4. The maximum Gasteiger partial charge on any atom is 0.0239 e. The summed E-state index contributed by atoms with van der Waals surface area (Å²) in [6, 6.07) is 9.64. The molecule has 0 heterocycles. The number of nitrogens with zero attached hydrogens (tertiary/aromatic N) is 1. The molecule has 0 aliphatic heterocycles. The van der Waals surface area contributed by atoms with Crippen LogP contribution in [0.25, 0.3) is 0 Å². The van der Waals surface area contributed by atoms with Gasteiger partial charge in [-0.25, -0.2) is 0 Å². The summed E-state index contributed by atoms with van der Waals surface area (Å²) in [4.78, 5) is 2.51. The average molecular weight is 364 g/mol. The minimum absolute atomic E-state index is 0.568. The molecule has 0 N–H and O–H groups in total. The van der Waals surface area contributed by atoms with E-state index in [9.17, 15) is 0 Å². The zero-order valence-corrected chi connectivity index (χ0v) is 19.0. The van der Waals surface area contributed by atoms with Gasteiger partial charge in [0.25, 0.3) is 0 Å². The van der Waals surface area contributed by atoms with E-state index in [0.29, 0.717) is 6.04 Å². The molecule has 144 valence electrons. The molecule has 0 aliphatic carbocycles. The third-order valence-corrected chi connectivity index (χ3v) is 4.51. The number of unbranched alkanes of at least 4 members (excludes halogenated alkanes) is 1. The van der Waals surface area contributed by atoms with Crippen molar-refractivity contribution in [1.29, 1.82) is 0 Å². The average Bonchev–Trinajstić information content (AvgIpc) is 2.67. The van der Waals surface area contributed by atoms with Crippen molar-refractivity contribution >= 4 is 13.9 Å². The molecule has 0 saturated carbocycles. The first-order chi connectivity index (χ1) is 12.2. The summed E-state index contributed by atoms with van der Waals surface area (Å²) >= 11 is 0. The normalized spacial score (nSPS) is 11.3. The Labute approximate surface area is 160 Å². The Balaban J connectivity index is 0. The van der Waals surface area contributed by atoms with E-state index in [1.165, 1.54) is 10.9 Å². The first-order valence-corrected chi connectivity index (χ1v) is 11.4. The lowest BCUT2D eigenvalue weighted by atomic mass is 10.2. The quantitative estimate of drug-likeness (QED) is 0.265. The van der Waals surface area contributed by atoms with Gasteiger partial charge in [0, 0.05) is 19.1 Å². The van der Waals surface area contributed by atoms with Crippen molar-refractivity contribution in [2.75, 3.05) is 13.2 Å². The molecule has 0 spiro atoms. The summed E-state index contributed by atoms with van der Waals surface area (Å²) in [6.45, 7) is 18.9. The third-order valence-electron chi connectivity index (χ3n) is 3.60. The molecule has 25 heavy (non-hydrogen) atoms. The Kier molecular flexibility index (Phi) is 20.4. The molecule has 1 aromatic carbocycles. The van der Waals surface area contributed by atoms with Gasteiger partial charge in [-0.15, -0.1) is 0 Å². The summed E-state index contributed by atoms with van der Waals surface area (Å²) in [5, 5.41) is 1.44. The second-order valence-electron chi connectivity index (χ2n) is 5.59. The summed E-state index contributed by atoms with van der Waals surface area (Å²) in [6.07, 6.45) is 11.2. The van der Waals surface area contributed by atoms with Crippen molar-refractivity contribution in [1.82, 2.24) is 4.90 Å². The molecule has 0 bridgehead atoms. The second-order valence-corrected chi connectivity index (χ2v) is 6.67. The number of hydrogen-bond donors (Lipinski definition) is 0. The Hall–Kier alpha value is -0.910. The Morgan fingerprint density at radius 1 is 0.920 bits per heavy atom. The molecule has 2 heteroatoms. The molecule has 0 aliphatic rings. The van der Waals surface area contributed by atoms with Gasteiger partial charge < -0.3 is 0 Å². The van der Waals surface area contributed by atoms with E-state index >= 15 is 0 Å². The largest absolute Gasteiger partial charge is 0.293 e. The van der Waals surface area contributed by atoms with Crippen molar-refractivity contribution in [3.8, 4) is 0 Å². The number of benzene rings is 1. The molecular weight excluding hydrogens is 321 g/mol. The SMILES string of the molecule is C/C=C\CC/C=C/CN(Cc1ccc(PC)cc1)C(C)C.CC.CC. The molecule has 0 amide bonds. The highest BCUT2D eigenvalue weighted by Gasteiger charge is 2.08. The molecule has 1 unspecified atom stereocenters. The molecule has 1 rings (SSSR count).